The van der Waals surface area contributed by atoms with E-state index >= 15 is 0 Å². The lowest BCUT2D eigenvalue weighted by Crippen LogP contribution is -2.39. The number of rotatable bonds is 8. The van der Waals surface area contributed by atoms with Gasteiger partial charge in [-0.25, -0.2) is 0 Å². The second kappa shape index (κ2) is 10.2. The van der Waals surface area contributed by atoms with E-state index in [1.165, 1.54) is 0 Å². The highest BCUT2D eigenvalue weighted by Crippen LogP contribution is 2.40. The van der Waals surface area contributed by atoms with Gasteiger partial charge >= 0.3 is 0 Å². The Labute approximate surface area is 198 Å². The highest BCUT2D eigenvalue weighted by atomic mass is 35.5. The molecule has 2 aromatic rings. The molecule has 2 aromatic carbocycles. The number of fused-ring (bicyclic) bond motifs is 2. The molecule has 0 saturated carbocycles. The van der Waals surface area contributed by atoms with E-state index in [0.717, 1.165) is 37.0 Å². The van der Waals surface area contributed by atoms with Crippen LogP contribution >= 0.6 is 11.6 Å². The molecule has 1 heterocycles. The lowest BCUT2D eigenvalue weighted by atomic mass is 9.97. The minimum absolute atomic E-state index is 0.116. The van der Waals surface area contributed by atoms with Gasteiger partial charge in [0.15, 0.2) is 14.1 Å². The first-order valence-electron chi connectivity index (χ1n) is 11.4. The van der Waals surface area contributed by atoms with Crippen LogP contribution in [0, 0.1) is 0 Å². The molecule has 0 aliphatic carbocycles. The monoisotopic (exact) mass is 471 g/mol. The molecule has 1 atom stereocenters. The summed E-state index contributed by atoms with van der Waals surface area (Å²) < 4.78 is 12.6. The van der Waals surface area contributed by atoms with Crippen LogP contribution in [0.15, 0.2) is 54.6 Å². The van der Waals surface area contributed by atoms with E-state index in [1.807, 2.05) is 36.4 Å². The van der Waals surface area contributed by atoms with Crippen molar-refractivity contribution in [2.75, 3.05) is 4.90 Å². The number of carbonyl (C=O) groups excluding carboxylic acids is 1. The largest absolute Gasteiger partial charge is 0.455 e. The van der Waals surface area contributed by atoms with Crippen molar-refractivity contribution in [1.29, 1.82) is 0 Å². The fourth-order valence-electron chi connectivity index (χ4n) is 4.02. The van der Waals surface area contributed by atoms with Gasteiger partial charge in [0.2, 0.25) is 0 Å². The number of carbonyl (C=O) groups is 1. The molecule has 4 nitrogen and oxygen atoms in total. The van der Waals surface area contributed by atoms with Crippen molar-refractivity contribution in [3.05, 3.63) is 65.2 Å². The number of para-hydroxylation sites is 1. The van der Waals surface area contributed by atoms with Gasteiger partial charge in [-0.1, -0.05) is 56.0 Å². The Bertz CT molecular complexity index is 985. The highest BCUT2D eigenvalue weighted by Gasteiger charge is 2.30. The molecule has 0 bridgehead atoms. The van der Waals surface area contributed by atoms with Gasteiger partial charge < -0.3 is 14.1 Å². The molecule has 0 saturated heterocycles. The van der Waals surface area contributed by atoms with Crippen LogP contribution in [0.3, 0.4) is 0 Å². The number of halogens is 1. The van der Waals surface area contributed by atoms with E-state index in [1.54, 1.807) is 23.1 Å². The van der Waals surface area contributed by atoms with Crippen LogP contribution in [0.2, 0.25) is 24.7 Å². The van der Waals surface area contributed by atoms with Crippen LogP contribution in [0.5, 0.6) is 11.5 Å². The Morgan fingerprint density at radius 1 is 1.19 bits per heavy atom. The zero-order valence-corrected chi connectivity index (χ0v) is 21.5. The highest BCUT2D eigenvalue weighted by molar-refractivity contribution is 6.69. The molecule has 0 radical (unpaired) electrons. The standard InChI is InChI=1S/C26H34ClNO3Si/c1-6-7-10-16-26(2,31-32(3,4)5)17-15-25(29)28-19-20-11-8-9-12-23(20)30-24-14-13-21(27)18-22(24)28/h8-9,11-15,17-18H,6-7,10,16,19H2,1-5H3. The lowest BCUT2D eigenvalue weighted by molar-refractivity contribution is -0.114. The van der Waals surface area contributed by atoms with Crippen LogP contribution in [0.1, 0.15) is 45.1 Å². The molecule has 0 fully saturated rings. The van der Waals surface area contributed by atoms with Gasteiger partial charge in [-0.3, -0.25) is 4.79 Å². The fraction of sp³-hybridized carbons (Fsp3) is 0.423. The first-order valence-corrected chi connectivity index (χ1v) is 15.1. The minimum Gasteiger partial charge on any atom is -0.455 e. The predicted octanol–water partition coefficient (Wildman–Crippen LogP) is 7.73. The second-order valence-corrected chi connectivity index (χ2v) is 14.4. The summed E-state index contributed by atoms with van der Waals surface area (Å²) in [6.45, 7) is 11.2. The van der Waals surface area contributed by atoms with E-state index < -0.39 is 13.9 Å². The van der Waals surface area contributed by atoms with Crippen LogP contribution in [0.4, 0.5) is 5.69 Å². The number of nitrogens with zero attached hydrogens (tertiary/aromatic N) is 1. The average Bonchev–Trinajstić information content (AvgIpc) is 2.87. The van der Waals surface area contributed by atoms with E-state index in [0.29, 0.717) is 23.0 Å². The molecule has 1 unspecified atom stereocenters. The fourth-order valence-corrected chi connectivity index (χ4v) is 5.76. The molecule has 3 rings (SSSR count). The SMILES string of the molecule is CCCCCC(C)(C=CC(=O)N1Cc2ccccc2Oc2ccc(Cl)cc21)O[Si](C)(C)C. The number of amides is 1. The van der Waals surface area contributed by atoms with Crippen molar-refractivity contribution in [1.82, 2.24) is 0 Å². The van der Waals surface area contributed by atoms with Crippen molar-refractivity contribution >= 4 is 31.5 Å². The van der Waals surface area contributed by atoms with Gasteiger partial charge in [0.25, 0.3) is 5.91 Å². The third kappa shape index (κ3) is 6.47. The molecule has 0 N–H and O–H groups in total. The Morgan fingerprint density at radius 2 is 1.94 bits per heavy atom. The Balaban J connectivity index is 1.92. The second-order valence-electron chi connectivity index (χ2n) is 9.56. The summed E-state index contributed by atoms with van der Waals surface area (Å²) in [5, 5.41) is 0.562. The first-order chi connectivity index (χ1) is 15.1. The predicted molar refractivity (Wildman–Crippen MR) is 135 cm³/mol. The van der Waals surface area contributed by atoms with Gasteiger partial charge in [0, 0.05) is 16.7 Å². The van der Waals surface area contributed by atoms with Crippen molar-refractivity contribution in [3.8, 4) is 11.5 Å². The maximum atomic E-state index is 13.5. The van der Waals surface area contributed by atoms with Crippen molar-refractivity contribution in [3.63, 3.8) is 0 Å². The van der Waals surface area contributed by atoms with Crippen LogP contribution in [-0.2, 0) is 15.8 Å². The zero-order valence-electron chi connectivity index (χ0n) is 19.8. The molecule has 0 aromatic heterocycles. The zero-order chi connectivity index (χ0) is 23.4. The summed E-state index contributed by atoms with van der Waals surface area (Å²) in [4.78, 5) is 15.2. The lowest BCUT2D eigenvalue weighted by Gasteiger charge is -2.34. The smallest absolute Gasteiger partial charge is 0.251 e. The Morgan fingerprint density at radius 3 is 2.66 bits per heavy atom. The van der Waals surface area contributed by atoms with Crippen LogP contribution < -0.4 is 9.64 Å². The summed E-state index contributed by atoms with van der Waals surface area (Å²) in [6, 6.07) is 13.2. The molecule has 6 heteroatoms. The minimum atomic E-state index is -1.80. The average molecular weight is 472 g/mol. The first kappa shape index (κ1) is 24.6. The van der Waals surface area contributed by atoms with Crippen molar-refractivity contribution < 1.29 is 14.0 Å². The third-order valence-corrected chi connectivity index (χ3v) is 6.71. The maximum absolute atomic E-state index is 13.5. The van der Waals surface area contributed by atoms with Gasteiger partial charge in [0.1, 0.15) is 5.75 Å². The van der Waals surface area contributed by atoms with Crippen LogP contribution in [-0.4, -0.2) is 19.8 Å². The van der Waals surface area contributed by atoms with Gasteiger partial charge in [-0.2, -0.15) is 0 Å². The van der Waals surface area contributed by atoms with E-state index in [9.17, 15) is 4.79 Å². The summed E-state index contributed by atoms with van der Waals surface area (Å²) in [7, 11) is -1.80. The number of ether oxygens (including phenoxy) is 1. The molecule has 1 amide bonds. The van der Waals surface area contributed by atoms with E-state index in [-0.39, 0.29) is 5.91 Å². The third-order valence-electron chi connectivity index (χ3n) is 5.39. The van der Waals surface area contributed by atoms with E-state index in [2.05, 4.69) is 33.5 Å². The molecule has 172 valence electrons. The van der Waals surface area contributed by atoms with Crippen molar-refractivity contribution in [2.45, 2.75) is 71.3 Å². The quantitative estimate of drug-likeness (QED) is 0.224. The molecule has 1 aliphatic rings. The van der Waals surface area contributed by atoms with Gasteiger partial charge in [0.05, 0.1) is 17.8 Å². The van der Waals surface area contributed by atoms with E-state index in [4.69, 9.17) is 20.8 Å². The van der Waals surface area contributed by atoms with Crippen LogP contribution in [0.25, 0.3) is 0 Å². The number of hydrogen-bond acceptors (Lipinski definition) is 3. The number of unbranched alkanes of at least 4 members (excludes halogenated alkanes) is 2. The Kier molecular flexibility index (Phi) is 7.86. The number of benzene rings is 2. The number of hydrogen-bond donors (Lipinski definition) is 0. The normalized spacial score (nSPS) is 15.5. The number of anilines is 1. The Hall–Kier alpha value is -2.08. The summed E-state index contributed by atoms with van der Waals surface area (Å²) in [6.07, 6.45) is 7.87. The van der Waals surface area contributed by atoms with Gasteiger partial charge in [-0.15, -0.1) is 0 Å². The topological polar surface area (TPSA) is 38.8 Å². The van der Waals surface area contributed by atoms with Gasteiger partial charge in [-0.05, 0) is 63.3 Å². The summed E-state index contributed by atoms with van der Waals surface area (Å²) >= 11 is 6.28. The van der Waals surface area contributed by atoms with Crippen molar-refractivity contribution in [2.24, 2.45) is 0 Å². The molecular formula is C26H34ClNO3Si. The molecular weight excluding hydrogens is 438 g/mol. The molecule has 32 heavy (non-hydrogen) atoms. The maximum Gasteiger partial charge on any atom is 0.251 e. The molecule has 0 spiro atoms. The summed E-state index contributed by atoms with van der Waals surface area (Å²) in [5.41, 5.74) is 1.15. The molecule has 1 aliphatic heterocycles. The summed E-state index contributed by atoms with van der Waals surface area (Å²) in [5.74, 6) is 1.25.